The van der Waals surface area contributed by atoms with Crippen LogP contribution in [0.4, 0.5) is 0 Å². The van der Waals surface area contributed by atoms with E-state index in [-0.39, 0.29) is 11.8 Å². The monoisotopic (exact) mass is 343 g/mol. The minimum absolute atomic E-state index is 0.116. The molecule has 0 atom stereocenters. The molecule has 25 heavy (non-hydrogen) atoms. The van der Waals surface area contributed by atoms with Crippen molar-refractivity contribution in [2.45, 2.75) is 12.8 Å². The molecular weight excluding hydrogens is 322 g/mol. The van der Waals surface area contributed by atoms with Gasteiger partial charge in [-0.15, -0.1) is 6.42 Å². The number of terminal acetylenes is 1. The number of nitrogens with zero attached hydrogens (tertiary/aromatic N) is 1. The summed E-state index contributed by atoms with van der Waals surface area (Å²) in [6.45, 7) is 3.13. The van der Waals surface area contributed by atoms with Crippen LogP contribution in [0, 0.1) is 18.3 Å². The van der Waals surface area contributed by atoms with Crippen molar-refractivity contribution in [1.82, 2.24) is 15.8 Å². The number of likely N-dealkylation sites (tertiary alicyclic amines) is 1. The highest BCUT2D eigenvalue weighted by Gasteiger charge is 2.25. The van der Waals surface area contributed by atoms with Gasteiger partial charge in [0.15, 0.2) is 11.5 Å². The SMILES string of the molecule is C#CCN1CCC(C(=O)NNC(=O)c2ccc3c(c2)OCCO3)CC1. The zero-order valence-corrected chi connectivity index (χ0v) is 13.9. The third-order valence-electron chi connectivity index (χ3n) is 4.38. The van der Waals surface area contributed by atoms with Crippen molar-refractivity contribution < 1.29 is 19.1 Å². The molecule has 0 unspecified atom stereocenters. The average molecular weight is 343 g/mol. The van der Waals surface area contributed by atoms with E-state index in [2.05, 4.69) is 21.7 Å². The first-order valence-electron chi connectivity index (χ1n) is 8.33. The van der Waals surface area contributed by atoms with E-state index >= 15 is 0 Å². The van der Waals surface area contributed by atoms with E-state index in [0.717, 1.165) is 25.9 Å². The highest BCUT2D eigenvalue weighted by Crippen LogP contribution is 2.30. The number of carbonyl (C=O) groups excluding carboxylic acids is 2. The van der Waals surface area contributed by atoms with Gasteiger partial charge in [0.1, 0.15) is 13.2 Å². The van der Waals surface area contributed by atoms with E-state index in [4.69, 9.17) is 15.9 Å². The van der Waals surface area contributed by atoms with E-state index in [9.17, 15) is 9.59 Å². The second-order valence-corrected chi connectivity index (χ2v) is 6.06. The lowest BCUT2D eigenvalue weighted by molar-refractivity contribution is -0.127. The fourth-order valence-electron chi connectivity index (χ4n) is 2.96. The van der Waals surface area contributed by atoms with Crippen LogP contribution in [0.2, 0.25) is 0 Å². The summed E-state index contributed by atoms with van der Waals surface area (Å²) in [6, 6.07) is 4.92. The quantitative estimate of drug-likeness (QED) is 0.619. The number of ether oxygens (including phenoxy) is 2. The zero-order chi connectivity index (χ0) is 17.6. The Morgan fingerprint density at radius 1 is 1.16 bits per heavy atom. The topological polar surface area (TPSA) is 79.9 Å². The van der Waals surface area contributed by atoms with Gasteiger partial charge in [0.2, 0.25) is 5.91 Å². The lowest BCUT2D eigenvalue weighted by atomic mass is 9.96. The van der Waals surface area contributed by atoms with Gasteiger partial charge in [0.05, 0.1) is 6.54 Å². The van der Waals surface area contributed by atoms with Gasteiger partial charge in [-0.2, -0.15) is 0 Å². The number of hydrazine groups is 1. The number of hydrogen-bond acceptors (Lipinski definition) is 5. The molecule has 3 rings (SSSR count). The number of hydrogen-bond donors (Lipinski definition) is 2. The molecule has 2 aliphatic rings. The molecule has 2 N–H and O–H groups in total. The van der Waals surface area contributed by atoms with Gasteiger partial charge in [0, 0.05) is 11.5 Å². The van der Waals surface area contributed by atoms with Crippen LogP contribution in [-0.4, -0.2) is 49.6 Å². The van der Waals surface area contributed by atoms with Gasteiger partial charge in [-0.05, 0) is 44.1 Å². The van der Waals surface area contributed by atoms with Crippen LogP contribution in [0.15, 0.2) is 18.2 Å². The van der Waals surface area contributed by atoms with Crippen molar-refractivity contribution in [2.75, 3.05) is 32.8 Å². The standard InChI is InChI=1S/C18H21N3O4/c1-2-7-21-8-5-13(6-9-21)17(22)19-20-18(23)14-3-4-15-16(12-14)25-11-10-24-15/h1,3-4,12-13H,5-11H2,(H,19,22)(H,20,23). The van der Waals surface area contributed by atoms with Crippen molar-refractivity contribution in [3.05, 3.63) is 23.8 Å². The molecule has 1 aromatic rings. The van der Waals surface area contributed by atoms with Crippen LogP contribution >= 0.6 is 0 Å². The summed E-state index contributed by atoms with van der Waals surface area (Å²) in [7, 11) is 0. The van der Waals surface area contributed by atoms with E-state index in [0.29, 0.717) is 36.8 Å². The molecule has 1 saturated heterocycles. The van der Waals surface area contributed by atoms with Crippen molar-refractivity contribution in [1.29, 1.82) is 0 Å². The summed E-state index contributed by atoms with van der Waals surface area (Å²) < 4.78 is 10.9. The summed E-state index contributed by atoms with van der Waals surface area (Å²) >= 11 is 0. The van der Waals surface area contributed by atoms with E-state index in [1.165, 1.54) is 0 Å². The average Bonchev–Trinajstić information content (AvgIpc) is 2.66. The minimum Gasteiger partial charge on any atom is -0.486 e. The third-order valence-corrected chi connectivity index (χ3v) is 4.38. The van der Waals surface area contributed by atoms with Crippen LogP contribution in [0.5, 0.6) is 11.5 Å². The summed E-state index contributed by atoms with van der Waals surface area (Å²) in [5.74, 6) is 3.08. The van der Waals surface area contributed by atoms with Gasteiger partial charge in [0.25, 0.3) is 5.91 Å². The van der Waals surface area contributed by atoms with Crippen LogP contribution in [0.25, 0.3) is 0 Å². The zero-order valence-electron chi connectivity index (χ0n) is 13.9. The molecule has 0 spiro atoms. The van der Waals surface area contributed by atoms with Crippen molar-refractivity contribution in [3.8, 4) is 23.8 Å². The Hall–Kier alpha value is -2.72. The first-order chi connectivity index (χ1) is 12.2. The van der Waals surface area contributed by atoms with Crippen LogP contribution in [0.1, 0.15) is 23.2 Å². The molecule has 2 heterocycles. The van der Waals surface area contributed by atoms with Gasteiger partial charge < -0.3 is 9.47 Å². The Bertz CT molecular complexity index is 690. The van der Waals surface area contributed by atoms with Gasteiger partial charge in [-0.1, -0.05) is 5.92 Å². The van der Waals surface area contributed by atoms with Gasteiger partial charge in [-0.25, -0.2) is 0 Å². The van der Waals surface area contributed by atoms with Crippen LogP contribution in [-0.2, 0) is 4.79 Å². The largest absolute Gasteiger partial charge is 0.486 e. The van der Waals surface area contributed by atoms with Gasteiger partial charge in [-0.3, -0.25) is 25.3 Å². The second kappa shape index (κ2) is 7.90. The summed E-state index contributed by atoms with van der Waals surface area (Å²) in [5, 5.41) is 0. The molecule has 0 aliphatic carbocycles. The lowest BCUT2D eigenvalue weighted by Gasteiger charge is -2.29. The summed E-state index contributed by atoms with van der Waals surface area (Å²) in [6.07, 6.45) is 6.76. The van der Waals surface area contributed by atoms with E-state index in [1.54, 1.807) is 18.2 Å². The minimum atomic E-state index is -0.393. The molecule has 2 amide bonds. The van der Waals surface area contributed by atoms with Crippen molar-refractivity contribution >= 4 is 11.8 Å². The Labute approximate surface area is 146 Å². The van der Waals surface area contributed by atoms with E-state index in [1.807, 2.05) is 0 Å². The number of amides is 2. The molecule has 7 heteroatoms. The molecule has 0 radical (unpaired) electrons. The number of carbonyl (C=O) groups is 2. The van der Waals surface area contributed by atoms with Crippen molar-refractivity contribution in [2.24, 2.45) is 5.92 Å². The molecule has 7 nitrogen and oxygen atoms in total. The Morgan fingerprint density at radius 3 is 2.60 bits per heavy atom. The number of fused-ring (bicyclic) bond motifs is 1. The van der Waals surface area contributed by atoms with E-state index < -0.39 is 5.91 Å². The molecule has 0 bridgehead atoms. The Balaban J connectivity index is 1.49. The first-order valence-corrected chi connectivity index (χ1v) is 8.33. The maximum atomic E-state index is 12.2. The summed E-state index contributed by atoms with van der Waals surface area (Å²) in [4.78, 5) is 26.5. The summed E-state index contributed by atoms with van der Waals surface area (Å²) in [5.41, 5.74) is 5.36. The fourth-order valence-corrected chi connectivity index (χ4v) is 2.96. The molecule has 132 valence electrons. The van der Waals surface area contributed by atoms with Crippen LogP contribution < -0.4 is 20.3 Å². The number of piperidine rings is 1. The highest BCUT2D eigenvalue weighted by molar-refractivity contribution is 5.96. The third kappa shape index (κ3) is 4.22. The molecule has 0 saturated carbocycles. The molecular formula is C18H21N3O4. The molecule has 0 aromatic heterocycles. The number of rotatable bonds is 3. The molecule has 2 aliphatic heterocycles. The second-order valence-electron chi connectivity index (χ2n) is 6.06. The predicted molar refractivity (Wildman–Crippen MR) is 91.0 cm³/mol. The molecule has 1 aromatic carbocycles. The first kappa shape index (κ1) is 17.1. The predicted octanol–water partition coefficient (Wildman–Crippen LogP) is 0.564. The maximum Gasteiger partial charge on any atom is 0.269 e. The fraction of sp³-hybridized carbons (Fsp3) is 0.444. The maximum absolute atomic E-state index is 12.2. The Kier molecular flexibility index (Phi) is 5.41. The molecule has 1 fully saturated rings. The number of benzene rings is 1. The Morgan fingerprint density at radius 2 is 1.88 bits per heavy atom. The normalized spacial score (nSPS) is 17.4. The van der Waals surface area contributed by atoms with Gasteiger partial charge >= 0.3 is 0 Å². The van der Waals surface area contributed by atoms with Crippen molar-refractivity contribution in [3.63, 3.8) is 0 Å². The smallest absolute Gasteiger partial charge is 0.269 e. The highest BCUT2D eigenvalue weighted by atomic mass is 16.6. The van der Waals surface area contributed by atoms with Crippen LogP contribution in [0.3, 0.4) is 0 Å². The lowest BCUT2D eigenvalue weighted by Crippen LogP contribution is -2.47. The number of nitrogens with one attached hydrogen (secondary N) is 2.